The van der Waals surface area contributed by atoms with Crippen molar-refractivity contribution in [3.8, 4) is 0 Å². The predicted octanol–water partition coefficient (Wildman–Crippen LogP) is 3.03. The molecular weight excluding hydrogens is 348 g/mol. The van der Waals surface area contributed by atoms with Gasteiger partial charge in [-0.1, -0.05) is 26.8 Å². The van der Waals surface area contributed by atoms with E-state index >= 15 is 0 Å². The van der Waals surface area contributed by atoms with Gasteiger partial charge in [0, 0.05) is 13.1 Å². The quantitative estimate of drug-likeness (QED) is 0.860. The molecule has 1 unspecified atom stereocenters. The molecule has 26 heavy (non-hydrogen) atoms. The largest absolute Gasteiger partial charge is 0.354 e. The standard InChI is InChI=1S/C20H30N2O3S/c1-14-12-16(19(3,4)5)13-17(15(14)2)26(24,25)22-11-7-9-20(22)8-6-10-21-18(20)23/h12-13H,6-11H2,1-5H3,(H,21,23). The Morgan fingerprint density at radius 3 is 2.38 bits per heavy atom. The lowest BCUT2D eigenvalue weighted by atomic mass is 9.85. The van der Waals surface area contributed by atoms with Crippen molar-refractivity contribution in [1.29, 1.82) is 0 Å². The average Bonchev–Trinajstić information content (AvgIpc) is 2.97. The molecule has 0 bridgehead atoms. The summed E-state index contributed by atoms with van der Waals surface area (Å²) in [4.78, 5) is 13.0. The highest BCUT2D eigenvalue weighted by atomic mass is 32.2. The summed E-state index contributed by atoms with van der Waals surface area (Å²) in [5.41, 5.74) is 1.69. The molecule has 1 aromatic rings. The summed E-state index contributed by atoms with van der Waals surface area (Å²) in [5.74, 6) is -0.133. The molecule has 2 heterocycles. The van der Waals surface area contributed by atoms with E-state index in [1.807, 2.05) is 19.9 Å². The highest BCUT2D eigenvalue weighted by molar-refractivity contribution is 7.89. The first-order chi connectivity index (χ1) is 12.0. The zero-order valence-corrected chi connectivity index (χ0v) is 17.3. The number of hydrogen-bond acceptors (Lipinski definition) is 3. The van der Waals surface area contributed by atoms with Crippen molar-refractivity contribution in [2.45, 2.75) is 76.2 Å². The number of sulfonamides is 1. The molecule has 0 aliphatic carbocycles. The van der Waals surface area contributed by atoms with E-state index in [0.29, 0.717) is 30.8 Å². The second-order valence-corrected chi connectivity index (χ2v) is 10.6. The third kappa shape index (κ3) is 2.97. The molecule has 1 spiro atoms. The topological polar surface area (TPSA) is 66.5 Å². The summed E-state index contributed by atoms with van der Waals surface area (Å²) in [6, 6.07) is 3.88. The van der Waals surface area contributed by atoms with Crippen molar-refractivity contribution >= 4 is 15.9 Å². The lowest BCUT2D eigenvalue weighted by Gasteiger charge is -2.39. The van der Waals surface area contributed by atoms with Crippen LogP contribution in [-0.2, 0) is 20.2 Å². The molecule has 0 aromatic heterocycles. The Morgan fingerprint density at radius 2 is 1.77 bits per heavy atom. The Morgan fingerprint density at radius 1 is 1.12 bits per heavy atom. The van der Waals surface area contributed by atoms with E-state index in [9.17, 15) is 13.2 Å². The summed E-state index contributed by atoms with van der Waals surface area (Å²) >= 11 is 0. The first-order valence-corrected chi connectivity index (χ1v) is 10.9. The third-order valence-corrected chi connectivity index (χ3v) is 8.05. The number of nitrogens with one attached hydrogen (secondary N) is 1. The SMILES string of the molecule is Cc1cc(C(C)(C)C)cc(S(=O)(=O)N2CCCC23CCCNC3=O)c1C. The maximum absolute atomic E-state index is 13.7. The van der Waals surface area contributed by atoms with Crippen LogP contribution in [0.4, 0.5) is 0 Å². The van der Waals surface area contributed by atoms with Crippen LogP contribution in [0.15, 0.2) is 17.0 Å². The number of hydrogen-bond donors (Lipinski definition) is 1. The Kier molecular flexibility index (Phi) is 4.72. The molecule has 0 radical (unpaired) electrons. The van der Waals surface area contributed by atoms with Crippen LogP contribution in [0.2, 0.25) is 0 Å². The second-order valence-electron chi connectivity index (χ2n) is 8.74. The summed E-state index contributed by atoms with van der Waals surface area (Å²) in [5, 5.41) is 2.88. The first-order valence-electron chi connectivity index (χ1n) is 9.43. The van der Waals surface area contributed by atoms with Gasteiger partial charge in [-0.2, -0.15) is 4.31 Å². The van der Waals surface area contributed by atoms with Gasteiger partial charge >= 0.3 is 0 Å². The van der Waals surface area contributed by atoms with E-state index in [1.165, 1.54) is 4.31 Å². The number of aryl methyl sites for hydroxylation is 1. The maximum Gasteiger partial charge on any atom is 0.244 e. The minimum Gasteiger partial charge on any atom is -0.354 e. The molecule has 1 amide bonds. The number of piperidine rings is 1. The highest BCUT2D eigenvalue weighted by Crippen LogP contribution is 2.41. The van der Waals surface area contributed by atoms with Crippen molar-refractivity contribution in [3.63, 3.8) is 0 Å². The number of carbonyl (C=O) groups excluding carboxylic acids is 1. The lowest BCUT2D eigenvalue weighted by molar-refractivity contribution is -0.131. The van der Waals surface area contributed by atoms with Gasteiger partial charge in [-0.25, -0.2) is 8.42 Å². The number of benzene rings is 1. The summed E-state index contributed by atoms with van der Waals surface area (Å²) in [6.45, 7) is 11.1. The molecule has 1 atom stereocenters. The number of carbonyl (C=O) groups is 1. The molecule has 3 rings (SSSR count). The monoisotopic (exact) mass is 378 g/mol. The fourth-order valence-corrected chi connectivity index (χ4v) is 6.34. The Hall–Kier alpha value is -1.40. The zero-order chi connectivity index (χ0) is 19.3. The molecule has 2 fully saturated rings. The van der Waals surface area contributed by atoms with E-state index in [-0.39, 0.29) is 11.3 Å². The van der Waals surface area contributed by atoms with Gasteiger partial charge < -0.3 is 5.32 Å². The van der Waals surface area contributed by atoms with E-state index in [2.05, 4.69) is 32.2 Å². The van der Waals surface area contributed by atoms with Crippen LogP contribution in [0.1, 0.15) is 63.1 Å². The van der Waals surface area contributed by atoms with Gasteiger partial charge in [0.2, 0.25) is 15.9 Å². The molecule has 2 saturated heterocycles. The predicted molar refractivity (Wildman–Crippen MR) is 103 cm³/mol. The van der Waals surface area contributed by atoms with E-state index in [4.69, 9.17) is 0 Å². The summed E-state index contributed by atoms with van der Waals surface area (Å²) in [6.07, 6.45) is 2.76. The van der Waals surface area contributed by atoms with Crippen LogP contribution in [-0.4, -0.2) is 37.3 Å². The summed E-state index contributed by atoms with van der Waals surface area (Å²) < 4.78 is 28.8. The minimum absolute atomic E-state index is 0.133. The van der Waals surface area contributed by atoms with Gasteiger partial charge in [0.15, 0.2) is 0 Å². The van der Waals surface area contributed by atoms with Crippen LogP contribution >= 0.6 is 0 Å². The average molecular weight is 379 g/mol. The lowest BCUT2D eigenvalue weighted by Crippen LogP contribution is -2.60. The molecule has 2 aliphatic heterocycles. The molecule has 0 saturated carbocycles. The van der Waals surface area contributed by atoms with Gasteiger partial charge in [-0.3, -0.25) is 4.79 Å². The molecule has 6 heteroatoms. The molecular formula is C20H30N2O3S. The van der Waals surface area contributed by atoms with Crippen molar-refractivity contribution < 1.29 is 13.2 Å². The van der Waals surface area contributed by atoms with Crippen LogP contribution in [0.3, 0.4) is 0 Å². The van der Waals surface area contributed by atoms with E-state index < -0.39 is 15.6 Å². The van der Waals surface area contributed by atoms with Crippen LogP contribution in [0.5, 0.6) is 0 Å². The van der Waals surface area contributed by atoms with Crippen molar-refractivity contribution in [1.82, 2.24) is 9.62 Å². The van der Waals surface area contributed by atoms with Gasteiger partial charge in [-0.15, -0.1) is 0 Å². The first kappa shape index (κ1) is 19.4. The van der Waals surface area contributed by atoms with Gasteiger partial charge in [-0.05, 0) is 67.7 Å². The Balaban J connectivity index is 2.14. The smallest absolute Gasteiger partial charge is 0.244 e. The molecule has 1 aromatic carbocycles. The van der Waals surface area contributed by atoms with Crippen molar-refractivity contribution in [2.24, 2.45) is 0 Å². The molecule has 1 N–H and O–H groups in total. The third-order valence-electron chi connectivity index (χ3n) is 5.96. The second kappa shape index (κ2) is 6.34. The highest BCUT2D eigenvalue weighted by Gasteiger charge is 2.53. The normalized spacial score (nSPS) is 24.9. The van der Waals surface area contributed by atoms with E-state index in [0.717, 1.165) is 29.5 Å². The van der Waals surface area contributed by atoms with Crippen LogP contribution in [0, 0.1) is 13.8 Å². The number of nitrogens with zero attached hydrogens (tertiary/aromatic N) is 1. The molecule has 5 nitrogen and oxygen atoms in total. The maximum atomic E-state index is 13.7. The van der Waals surface area contributed by atoms with Crippen LogP contribution < -0.4 is 5.32 Å². The van der Waals surface area contributed by atoms with Crippen molar-refractivity contribution in [3.05, 3.63) is 28.8 Å². The Bertz CT molecular complexity index is 839. The van der Waals surface area contributed by atoms with Crippen molar-refractivity contribution in [2.75, 3.05) is 13.1 Å². The van der Waals surface area contributed by atoms with Gasteiger partial charge in [0.25, 0.3) is 0 Å². The minimum atomic E-state index is -3.74. The molecule has 144 valence electrons. The number of amides is 1. The Labute approximate surface area is 157 Å². The van der Waals surface area contributed by atoms with Crippen LogP contribution in [0.25, 0.3) is 0 Å². The van der Waals surface area contributed by atoms with E-state index in [1.54, 1.807) is 0 Å². The zero-order valence-electron chi connectivity index (χ0n) is 16.5. The van der Waals surface area contributed by atoms with Gasteiger partial charge in [0.1, 0.15) is 5.54 Å². The number of rotatable bonds is 2. The fraction of sp³-hybridized carbons (Fsp3) is 0.650. The summed E-state index contributed by atoms with van der Waals surface area (Å²) in [7, 11) is -3.74. The molecule has 2 aliphatic rings. The van der Waals surface area contributed by atoms with Gasteiger partial charge in [0.05, 0.1) is 4.90 Å². The fourth-order valence-electron chi connectivity index (χ4n) is 4.19.